The normalized spacial score (nSPS) is 10.3. The van der Waals surface area contributed by atoms with E-state index in [0.29, 0.717) is 11.3 Å². The molecule has 2 aromatic carbocycles. The van der Waals surface area contributed by atoms with Gasteiger partial charge in [0.2, 0.25) is 0 Å². The molecule has 0 atom stereocenters. The van der Waals surface area contributed by atoms with Gasteiger partial charge in [0.25, 0.3) is 0 Å². The maximum absolute atomic E-state index is 13.6. The summed E-state index contributed by atoms with van der Waals surface area (Å²) in [4.78, 5) is 0.213. The maximum atomic E-state index is 13.6. The molecule has 0 unspecified atom stereocenters. The van der Waals surface area contributed by atoms with Crippen LogP contribution in [0.25, 0.3) is 0 Å². The molecule has 0 spiro atoms. The molecule has 5 heteroatoms. The summed E-state index contributed by atoms with van der Waals surface area (Å²) in [5.74, 6) is -1.29. The summed E-state index contributed by atoms with van der Waals surface area (Å²) in [6, 6.07) is 8.76. The van der Waals surface area contributed by atoms with Crippen LogP contribution in [-0.4, -0.2) is 4.99 Å². The molecule has 2 rings (SSSR count). The summed E-state index contributed by atoms with van der Waals surface area (Å²) in [6.07, 6.45) is 0. The van der Waals surface area contributed by atoms with E-state index in [2.05, 4.69) is 5.32 Å². The molecule has 0 saturated heterocycles. The largest absolute Gasteiger partial charge is 0.389 e. The van der Waals surface area contributed by atoms with E-state index in [1.54, 1.807) is 12.1 Å². The smallest absolute Gasteiger partial charge is 0.149 e. The second kappa shape index (κ2) is 5.32. The highest BCUT2D eigenvalue weighted by molar-refractivity contribution is 7.80. The Bertz CT molecular complexity index is 641. The second-order valence-corrected chi connectivity index (χ2v) is 4.60. The number of thiocarbonyl (C=S) groups is 1. The van der Waals surface area contributed by atoms with E-state index in [-0.39, 0.29) is 10.7 Å². The van der Waals surface area contributed by atoms with E-state index in [1.165, 1.54) is 12.1 Å². The van der Waals surface area contributed by atoms with Gasteiger partial charge < -0.3 is 11.1 Å². The van der Waals surface area contributed by atoms with Crippen LogP contribution >= 0.6 is 12.2 Å². The van der Waals surface area contributed by atoms with Crippen LogP contribution in [0.3, 0.4) is 0 Å². The van der Waals surface area contributed by atoms with Crippen LogP contribution in [0.1, 0.15) is 11.1 Å². The summed E-state index contributed by atoms with van der Waals surface area (Å²) in [6.45, 7) is 1.90. The first-order valence-corrected chi connectivity index (χ1v) is 6.01. The fraction of sp³-hybridized carbons (Fsp3) is 0.0714. The van der Waals surface area contributed by atoms with Gasteiger partial charge in [-0.1, -0.05) is 18.3 Å². The Morgan fingerprint density at radius 2 is 1.84 bits per heavy atom. The Labute approximate surface area is 115 Å². The lowest BCUT2D eigenvalue weighted by Crippen LogP contribution is -2.12. The molecule has 0 aliphatic heterocycles. The Morgan fingerprint density at radius 1 is 1.11 bits per heavy atom. The Morgan fingerprint density at radius 3 is 2.47 bits per heavy atom. The minimum absolute atomic E-state index is 0.171. The summed E-state index contributed by atoms with van der Waals surface area (Å²) in [5.41, 5.74) is 7.98. The van der Waals surface area contributed by atoms with Crippen molar-refractivity contribution in [3.05, 3.63) is 59.2 Å². The lowest BCUT2D eigenvalue weighted by Gasteiger charge is -2.13. The molecule has 0 fully saturated rings. The molecule has 0 saturated carbocycles. The number of nitrogens with one attached hydrogen (secondary N) is 1. The van der Waals surface area contributed by atoms with E-state index in [9.17, 15) is 8.78 Å². The topological polar surface area (TPSA) is 38.0 Å². The summed E-state index contributed by atoms with van der Waals surface area (Å²) >= 11 is 4.95. The van der Waals surface area contributed by atoms with Gasteiger partial charge in [-0.2, -0.15) is 0 Å². The minimum Gasteiger partial charge on any atom is -0.389 e. The predicted molar refractivity (Wildman–Crippen MR) is 76.7 cm³/mol. The van der Waals surface area contributed by atoms with E-state index < -0.39 is 11.6 Å². The van der Waals surface area contributed by atoms with Gasteiger partial charge in [-0.15, -0.1) is 0 Å². The molecule has 19 heavy (non-hydrogen) atoms. The molecular formula is C14H12F2N2S. The SMILES string of the molecule is Cc1ccc(C(N)=S)c(Nc2ccc(F)cc2F)c1. The number of aryl methyl sites for hydroxylation is 1. The van der Waals surface area contributed by atoms with Crippen LogP contribution < -0.4 is 11.1 Å². The number of hydrogen-bond acceptors (Lipinski definition) is 2. The monoisotopic (exact) mass is 278 g/mol. The van der Waals surface area contributed by atoms with Crippen molar-refractivity contribution in [2.24, 2.45) is 5.73 Å². The highest BCUT2D eigenvalue weighted by Crippen LogP contribution is 2.24. The Kier molecular flexibility index (Phi) is 3.76. The van der Waals surface area contributed by atoms with Crippen molar-refractivity contribution in [1.82, 2.24) is 0 Å². The van der Waals surface area contributed by atoms with Gasteiger partial charge in [0.1, 0.15) is 16.6 Å². The molecule has 2 nitrogen and oxygen atoms in total. The van der Waals surface area contributed by atoms with Crippen LogP contribution in [0.4, 0.5) is 20.2 Å². The van der Waals surface area contributed by atoms with Gasteiger partial charge >= 0.3 is 0 Å². The van der Waals surface area contributed by atoms with E-state index >= 15 is 0 Å². The molecule has 3 N–H and O–H groups in total. The number of nitrogens with two attached hydrogens (primary N) is 1. The predicted octanol–water partition coefficient (Wildman–Crippen LogP) is 3.65. The summed E-state index contributed by atoms with van der Waals surface area (Å²) in [7, 11) is 0. The van der Waals surface area contributed by atoms with Crippen molar-refractivity contribution in [1.29, 1.82) is 0 Å². The molecule has 0 heterocycles. The average Bonchev–Trinajstić information content (AvgIpc) is 2.32. The van der Waals surface area contributed by atoms with Crippen molar-refractivity contribution >= 4 is 28.6 Å². The minimum atomic E-state index is -0.671. The Balaban J connectivity index is 2.42. The molecule has 0 aliphatic rings. The third-order valence-electron chi connectivity index (χ3n) is 2.64. The van der Waals surface area contributed by atoms with E-state index in [4.69, 9.17) is 18.0 Å². The van der Waals surface area contributed by atoms with E-state index in [0.717, 1.165) is 11.6 Å². The molecule has 0 aliphatic carbocycles. The molecule has 0 bridgehead atoms. The fourth-order valence-corrected chi connectivity index (χ4v) is 1.89. The van der Waals surface area contributed by atoms with Crippen LogP contribution in [-0.2, 0) is 0 Å². The first-order chi connectivity index (χ1) is 8.97. The fourth-order valence-electron chi connectivity index (χ4n) is 1.71. The van der Waals surface area contributed by atoms with Crippen LogP contribution in [0.2, 0.25) is 0 Å². The molecule has 0 radical (unpaired) electrons. The summed E-state index contributed by atoms with van der Waals surface area (Å²) in [5, 5.41) is 2.88. The maximum Gasteiger partial charge on any atom is 0.149 e. The zero-order valence-electron chi connectivity index (χ0n) is 10.2. The highest BCUT2D eigenvalue weighted by atomic mass is 32.1. The van der Waals surface area contributed by atoms with Gasteiger partial charge in [-0.3, -0.25) is 0 Å². The number of benzene rings is 2. The van der Waals surface area contributed by atoms with Crippen LogP contribution in [0, 0.1) is 18.6 Å². The molecule has 0 aromatic heterocycles. The van der Waals surface area contributed by atoms with Gasteiger partial charge in [0, 0.05) is 17.3 Å². The van der Waals surface area contributed by atoms with Crippen molar-refractivity contribution in [2.45, 2.75) is 6.92 Å². The molecule has 0 amide bonds. The molecule has 2 aromatic rings. The lowest BCUT2D eigenvalue weighted by atomic mass is 10.1. The second-order valence-electron chi connectivity index (χ2n) is 4.16. The van der Waals surface area contributed by atoms with Crippen LogP contribution in [0.5, 0.6) is 0 Å². The van der Waals surface area contributed by atoms with E-state index in [1.807, 2.05) is 13.0 Å². The number of hydrogen-bond donors (Lipinski definition) is 2. The first-order valence-electron chi connectivity index (χ1n) is 5.60. The quantitative estimate of drug-likeness (QED) is 0.842. The van der Waals surface area contributed by atoms with Crippen LogP contribution in [0.15, 0.2) is 36.4 Å². The van der Waals surface area contributed by atoms with Gasteiger partial charge in [-0.25, -0.2) is 8.78 Å². The van der Waals surface area contributed by atoms with Crippen molar-refractivity contribution in [2.75, 3.05) is 5.32 Å². The van der Waals surface area contributed by atoms with Gasteiger partial charge in [0.05, 0.1) is 5.69 Å². The average molecular weight is 278 g/mol. The number of halogens is 2. The Hall–Kier alpha value is -2.01. The standard InChI is InChI=1S/C14H12F2N2S/c1-8-2-4-10(14(17)19)13(6-8)18-12-5-3-9(15)7-11(12)16/h2-7,18H,1H3,(H2,17,19). The molecule has 98 valence electrons. The first kappa shape index (κ1) is 13.4. The number of rotatable bonds is 3. The van der Waals surface area contributed by atoms with Crippen molar-refractivity contribution in [3.8, 4) is 0 Å². The zero-order valence-corrected chi connectivity index (χ0v) is 11.0. The van der Waals surface area contributed by atoms with Gasteiger partial charge in [0.15, 0.2) is 0 Å². The molecular weight excluding hydrogens is 266 g/mol. The lowest BCUT2D eigenvalue weighted by molar-refractivity contribution is 0.586. The summed E-state index contributed by atoms with van der Waals surface area (Å²) < 4.78 is 26.5. The highest BCUT2D eigenvalue weighted by Gasteiger charge is 2.09. The number of anilines is 2. The third kappa shape index (κ3) is 3.06. The zero-order chi connectivity index (χ0) is 14.0. The van der Waals surface area contributed by atoms with Crippen molar-refractivity contribution < 1.29 is 8.78 Å². The van der Waals surface area contributed by atoms with Gasteiger partial charge in [-0.05, 0) is 36.8 Å². The third-order valence-corrected chi connectivity index (χ3v) is 2.86. The van der Waals surface area contributed by atoms with Crippen molar-refractivity contribution in [3.63, 3.8) is 0 Å².